The van der Waals surface area contributed by atoms with Gasteiger partial charge in [0.1, 0.15) is 0 Å². The van der Waals surface area contributed by atoms with Crippen LogP contribution in [0.5, 0.6) is 0 Å². The zero-order valence-electron chi connectivity index (χ0n) is 4.90. The van der Waals surface area contributed by atoms with E-state index in [2.05, 4.69) is 32.2 Å². The number of thiol groups is 2. The van der Waals surface area contributed by atoms with Crippen molar-refractivity contribution in [2.24, 2.45) is 0 Å². The summed E-state index contributed by atoms with van der Waals surface area (Å²) in [6.45, 7) is 2.27. The van der Waals surface area contributed by atoms with Crippen LogP contribution in [-0.4, -0.2) is 50.5 Å². The molecule has 0 aromatic rings. The Kier molecular flexibility index (Phi) is 3.92. The van der Waals surface area contributed by atoms with Gasteiger partial charge < -0.3 is 0 Å². The van der Waals surface area contributed by atoms with Crippen LogP contribution in [0.3, 0.4) is 0 Å². The van der Waals surface area contributed by atoms with E-state index < -0.39 is 0 Å². The van der Waals surface area contributed by atoms with Crippen LogP contribution in [0.1, 0.15) is 6.92 Å². The van der Waals surface area contributed by atoms with E-state index >= 15 is 0 Å². The second-order valence-corrected chi connectivity index (χ2v) is 19.2. The molecule has 1 saturated heterocycles. The van der Waals surface area contributed by atoms with Gasteiger partial charge in [0.2, 0.25) is 0 Å². The number of rotatable bonds is 0. The molecule has 1 fully saturated rings. The van der Waals surface area contributed by atoms with Gasteiger partial charge in [-0.1, -0.05) is 0 Å². The molecule has 2 atom stereocenters. The van der Waals surface area contributed by atoms with Gasteiger partial charge in [-0.2, -0.15) is 0 Å². The van der Waals surface area contributed by atoms with Crippen molar-refractivity contribution in [2.75, 3.05) is 0 Å². The Morgan fingerprint density at radius 1 is 1.67 bits per heavy atom. The summed E-state index contributed by atoms with van der Waals surface area (Å²) in [5.41, 5.74) is 0. The predicted molar refractivity (Wildman–Crippen MR) is 52.2 cm³/mol. The molecule has 0 saturated carbocycles. The van der Waals surface area contributed by atoms with Gasteiger partial charge in [0.15, 0.2) is 0 Å². The molecule has 1 rings (SSSR count). The van der Waals surface area contributed by atoms with Crippen LogP contribution in [0.25, 0.3) is 0 Å². The molecule has 1 heterocycles. The predicted octanol–water partition coefficient (Wildman–Crippen LogP) is 0.305. The fourth-order valence-electron chi connectivity index (χ4n) is 0.457. The monoisotopic (exact) mass is 360 g/mol. The fraction of sp³-hybridized carbons (Fsp3) is 1.00. The van der Waals surface area contributed by atoms with Crippen molar-refractivity contribution >= 4 is 70.1 Å². The molecule has 2 unspecified atom stereocenters. The van der Waals surface area contributed by atoms with E-state index in [1.54, 1.807) is 0 Å². The Morgan fingerprint density at radius 2 is 2.33 bits per heavy atom. The van der Waals surface area contributed by atoms with Crippen molar-refractivity contribution in [2.45, 2.75) is 16.7 Å². The van der Waals surface area contributed by atoms with E-state index in [-0.39, 0.29) is 0 Å². The number of hydrogen-bond donors (Lipinski definition) is 2. The average molecular weight is 357 g/mol. The van der Waals surface area contributed by atoms with Crippen LogP contribution in [0, 0.1) is 0 Å². The van der Waals surface area contributed by atoms with E-state index in [0.717, 1.165) is 33.0 Å². The average Bonchev–Trinajstić information content (AvgIpc) is 1.60. The summed E-state index contributed by atoms with van der Waals surface area (Å²) in [6.07, 6.45) is 0. The van der Waals surface area contributed by atoms with Gasteiger partial charge in [-0.05, 0) is 0 Å². The first kappa shape index (κ1) is 9.35. The summed E-state index contributed by atoms with van der Waals surface area (Å²) in [5, 5.41) is 0. The van der Waals surface area contributed by atoms with Gasteiger partial charge in [-0.3, -0.25) is 0 Å². The van der Waals surface area contributed by atoms with Crippen LogP contribution >= 0.6 is 25.3 Å². The van der Waals surface area contributed by atoms with Crippen LogP contribution in [0.2, 0.25) is 4.22 Å². The summed E-state index contributed by atoms with van der Waals surface area (Å²) in [7, 11) is 0. The van der Waals surface area contributed by atoms with Gasteiger partial charge in [0.25, 0.3) is 0 Å². The maximum atomic E-state index is 4.59. The molecule has 0 N–H and O–H groups in total. The zero-order valence-corrected chi connectivity index (χ0v) is 11.8. The van der Waals surface area contributed by atoms with E-state index in [1.807, 2.05) is 0 Å². The Labute approximate surface area is 86.0 Å². The van der Waals surface area contributed by atoms with Crippen molar-refractivity contribution in [1.82, 2.24) is 0 Å². The van der Waals surface area contributed by atoms with Crippen molar-refractivity contribution in [3.63, 3.8) is 0 Å². The summed E-state index contributed by atoms with van der Waals surface area (Å²) in [5.74, 6) is 0. The van der Waals surface area contributed by atoms with Gasteiger partial charge in [-0.25, -0.2) is 0 Å². The third-order valence-corrected chi connectivity index (χ3v) is 14.6. The fourth-order valence-corrected chi connectivity index (χ4v) is 25.7. The molecule has 1 aliphatic heterocycles. The summed E-state index contributed by atoms with van der Waals surface area (Å²) >= 11 is 11.4. The Morgan fingerprint density at radius 3 is 2.67 bits per heavy atom. The summed E-state index contributed by atoms with van der Waals surface area (Å²) in [4.78, 5) is 0. The van der Waals surface area contributed by atoms with E-state index in [0.29, 0.717) is 17.5 Å². The molecular formula is C4H8S2Se3. The topological polar surface area (TPSA) is 0 Å². The Balaban J connectivity index is 2.41. The van der Waals surface area contributed by atoms with Crippen LogP contribution in [-0.2, 0) is 0 Å². The Hall–Kier alpha value is 2.26. The van der Waals surface area contributed by atoms with Crippen LogP contribution < -0.4 is 0 Å². The molecule has 5 heteroatoms. The molecule has 54 valence electrons. The molecule has 9 heavy (non-hydrogen) atoms. The molecule has 0 radical (unpaired) electrons. The summed E-state index contributed by atoms with van der Waals surface area (Å²) in [6, 6.07) is 0. The molecule has 0 nitrogen and oxygen atoms in total. The first-order valence-electron chi connectivity index (χ1n) is 2.44. The normalized spacial score (nSPS) is 45.0. The van der Waals surface area contributed by atoms with Crippen molar-refractivity contribution in [3.8, 4) is 0 Å². The van der Waals surface area contributed by atoms with E-state index in [4.69, 9.17) is 0 Å². The molecule has 0 amide bonds. The van der Waals surface area contributed by atoms with Gasteiger partial charge >= 0.3 is 86.9 Å². The van der Waals surface area contributed by atoms with Crippen molar-refractivity contribution in [3.05, 3.63) is 0 Å². The standard InChI is InChI=1S/C4H8S2Se3/c1-4(6)8-2-7-3(5)9-4/h3,5-6H,2H2,1H3. The van der Waals surface area contributed by atoms with E-state index in [9.17, 15) is 0 Å². The van der Waals surface area contributed by atoms with Crippen molar-refractivity contribution in [1.29, 1.82) is 0 Å². The molecule has 0 aromatic heterocycles. The molecule has 0 spiro atoms. The minimum atomic E-state index is 0.409. The zero-order chi connectivity index (χ0) is 6.91. The second-order valence-electron chi connectivity index (χ2n) is 1.75. The third kappa shape index (κ3) is 3.44. The minimum absolute atomic E-state index is 0.409. The number of hydrogen-bond acceptors (Lipinski definition) is 2. The van der Waals surface area contributed by atoms with Gasteiger partial charge in [0.05, 0.1) is 0 Å². The maximum absolute atomic E-state index is 4.59. The molecule has 0 aromatic carbocycles. The Bertz CT molecular complexity index is 106. The molecule has 1 aliphatic rings. The van der Waals surface area contributed by atoms with Gasteiger partial charge in [0, 0.05) is 0 Å². The first-order chi connectivity index (χ1) is 4.10. The molecule has 0 bridgehead atoms. The first-order valence-corrected chi connectivity index (χ1v) is 9.52. The van der Waals surface area contributed by atoms with Gasteiger partial charge in [-0.15, -0.1) is 0 Å². The quantitative estimate of drug-likeness (QED) is 0.453. The third-order valence-electron chi connectivity index (χ3n) is 0.857. The van der Waals surface area contributed by atoms with E-state index in [1.165, 1.54) is 4.22 Å². The van der Waals surface area contributed by atoms with Crippen LogP contribution in [0.4, 0.5) is 0 Å². The molecule has 0 aliphatic carbocycles. The second kappa shape index (κ2) is 3.78. The van der Waals surface area contributed by atoms with Crippen LogP contribution in [0.15, 0.2) is 0 Å². The SMILES string of the molecule is CC1(S)[Se]C[Se]C(S)[Se]1. The van der Waals surface area contributed by atoms with Crippen molar-refractivity contribution < 1.29 is 0 Å². The summed E-state index contributed by atoms with van der Waals surface area (Å²) < 4.78 is 2.59. The molecular weight excluding hydrogens is 349 g/mol.